The Morgan fingerprint density at radius 2 is 1.68 bits per heavy atom. The molecule has 0 bridgehead atoms. The second kappa shape index (κ2) is 7.02. The number of carbonyl (C=O) groups is 3. The molecule has 0 aliphatic carbocycles. The highest BCUT2D eigenvalue weighted by Gasteiger charge is 2.26. The first kappa shape index (κ1) is 17.1. The summed E-state index contributed by atoms with van der Waals surface area (Å²) in [4.78, 5) is 44.8. The van der Waals surface area contributed by atoms with Gasteiger partial charge in [0.15, 0.2) is 0 Å². The molecule has 7 nitrogen and oxygen atoms in total. The molecule has 3 heterocycles. The standard InChI is InChI=1S/C17H17N3O4S/c1-11-2-3-14(25-11)16(22)20-8-6-19(7-9-20)15(21)12-4-5-18-13(10-12)17(23)24/h2-5,10H,6-9H2,1H3,(H,23,24). The van der Waals surface area contributed by atoms with Crippen molar-refractivity contribution >= 4 is 29.1 Å². The van der Waals surface area contributed by atoms with Gasteiger partial charge in [-0.3, -0.25) is 9.59 Å². The van der Waals surface area contributed by atoms with E-state index in [4.69, 9.17) is 5.11 Å². The van der Waals surface area contributed by atoms with Gasteiger partial charge in [0.25, 0.3) is 11.8 Å². The van der Waals surface area contributed by atoms with Gasteiger partial charge in [-0.05, 0) is 31.2 Å². The summed E-state index contributed by atoms with van der Waals surface area (Å²) in [5.74, 6) is -1.43. The number of piperazine rings is 1. The Bertz CT molecular complexity index is 825. The monoisotopic (exact) mass is 359 g/mol. The molecule has 1 aliphatic rings. The number of hydrogen-bond acceptors (Lipinski definition) is 5. The molecule has 1 N–H and O–H groups in total. The van der Waals surface area contributed by atoms with Crippen LogP contribution in [0.4, 0.5) is 0 Å². The fourth-order valence-electron chi connectivity index (χ4n) is 2.68. The van der Waals surface area contributed by atoms with Crippen molar-refractivity contribution in [1.29, 1.82) is 0 Å². The summed E-state index contributed by atoms with van der Waals surface area (Å²) >= 11 is 1.46. The highest BCUT2D eigenvalue weighted by Crippen LogP contribution is 2.18. The molecule has 130 valence electrons. The number of hydrogen-bond donors (Lipinski definition) is 1. The van der Waals surface area contributed by atoms with Gasteiger partial charge < -0.3 is 14.9 Å². The quantitative estimate of drug-likeness (QED) is 0.901. The third-order valence-corrected chi connectivity index (χ3v) is 5.02. The third kappa shape index (κ3) is 3.69. The molecule has 8 heteroatoms. The van der Waals surface area contributed by atoms with Crippen LogP contribution in [-0.4, -0.2) is 63.9 Å². The zero-order valence-corrected chi connectivity index (χ0v) is 14.5. The SMILES string of the molecule is Cc1ccc(C(=O)N2CCN(C(=O)c3ccnc(C(=O)O)c3)CC2)s1. The van der Waals surface area contributed by atoms with Crippen molar-refractivity contribution < 1.29 is 19.5 Å². The molecule has 0 unspecified atom stereocenters. The molecule has 0 saturated carbocycles. The van der Waals surface area contributed by atoms with E-state index in [9.17, 15) is 14.4 Å². The van der Waals surface area contributed by atoms with E-state index in [1.165, 1.54) is 29.7 Å². The van der Waals surface area contributed by atoms with Crippen molar-refractivity contribution in [2.45, 2.75) is 6.92 Å². The lowest BCUT2D eigenvalue weighted by Crippen LogP contribution is -2.50. The predicted molar refractivity (Wildman–Crippen MR) is 92.1 cm³/mol. The van der Waals surface area contributed by atoms with Crippen LogP contribution in [0.25, 0.3) is 0 Å². The van der Waals surface area contributed by atoms with Crippen LogP contribution < -0.4 is 0 Å². The van der Waals surface area contributed by atoms with Gasteiger partial charge in [0.1, 0.15) is 5.69 Å². The van der Waals surface area contributed by atoms with Gasteiger partial charge in [-0.15, -0.1) is 11.3 Å². The predicted octanol–water partition coefficient (Wildman–Crippen LogP) is 1.75. The summed E-state index contributed by atoms with van der Waals surface area (Å²) in [5.41, 5.74) is 0.133. The molecule has 1 saturated heterocycles. The van der Waals surface area contributed by atoms with Crippen LogP contribution in [0.3, 0.4) is 0 Å². The van der Waals surface area contributed by atoms with Gasteiger partial charge in [0.2, 0.25) is 0 Å². The van der Waals surface area contributed by atoms with E-state index in [0.29, 0.717) is 36.6 Å². The lowest BCUT2D eigenvalue weighted by Gasteiger charge is -2.34. The summed E-state index contributed by atoms with van der Waals surface area (Å²) in [6.07, 6.45) is 1.32. The second-order valence-electron chi connectivity index (χ2n) is 5.73. The maximum atomic E-state index is 12.5. The molecular weight excluding hydrogens is 342 g/mol. The lowest BCUT2D eigenvalue weighted by atomic mass is 10.2. The van der Waals surface area contributed by atoms with E-state index in [-0.39, 0.29) is 17.5 Å². The molecule has 1 aliphatic heterocycles. The van der Waals surface area contributed by atoms with Crippen LogP contribution >= 0.6 is 11.3 Å². The van der Waals surface area contributed by atoms with E-state index >= 15 is 0 Å². The van der Waals surface area contributed by atoms with E-state index in [1.807, 2.05) is 19.1 Å². The van der Waals surface area contributed by atoms with Gasteiger partial charge >= 0.3 is 5.97 Å². The summed E-state index contributed by atoms with van der Waals surface area (Å²) < 4.78 is 0. The number of carbonyl (C=O) groups excluding carboxylic acids is 2. The second-order valence-corrected chi connectivity index (χ2v) is 7.02. The Balaban J connectivity index is 1.64. The van der Waals surface area contributed by atoms with Crippen LogP contribution in [-0.2, 0) is 0 Å². The number of nitrogens with zero attached hydrogens (tertiary/aromatic N) is 3. The number of amides is 2. The summed E-state index contributed by atoms with van der Waals surface area (Å²) in [5, 5.41) is 8.98. The van der Waals surface area contributed by atoms with Gasteiger partial charge in [-0.1, -0.05) is 0 Å². The Labute approximate surface area is 148 Å². The molecule has 25 heavy (non-hydrogen) atoms. The first-order chi connectivity index (χ1) is 12.0. The third-order valence-electron chi connectivity index (χ3n) is 4.03. The number of rotatable bonds is 3. The van der Waals surface area contributed by atoms with Crippen molar-refractivity contribution in [1.82, 2.24) is 14.8 Å². The van der Waals surface area contributed by atoms with Gasteiger partial charge in [-0.2, -0.15) is 0 Å². The molecule has 1 fully saturated rings. The normalized spacial score (nSPS) is 14.4. The molecule has 2 aromatic rings. The highest BCUT2D eigenvalue weighted by atomic mass is 32.1. The smallest absolute Gasteiger partial charge is 0.354 e. The Morgan fingerprint density at radius 1 is 1.04 bits per heavy atom. The van der Waals surface area contributed by atoms with Crippen LogP contribution in [0.1, 0.15) is 35.4 Å². The van der Waals surface area contributed by atoms with Crippen molar-refractivity contribution in [2.75, 3.05) is 26.2 Å². The topological polar surface area (TPSA) is 90.8 Å². The molecule has 0 spiro atoms. The fourth-order valence-corrected chi connectivity index (χ4v) is 3.52. The van der Waals surface area contributed by atoms with E-state index in [2.05, 4.69) is 4.98 Å². The zero-order chi connectivity index (χ0) is 18.0. The van der Waals surface area contributed by atoms with E-state index < -0.39 is 5.97 Å². The number of aromatic carboxylic acids is 1. The van der Waals surface area contributed by atoms with Crippen LogP contribution in [0, 0.1) is 6.92 Å². The van der Waals surface area contributed by atoms with E-state index in [1.54, 1.807) is 9.80 Å². The number of carboxylic acids is 1. The van der Waals surface area contributed by atoms with Crippen molar-refractivity contribution in [3.8, 4) is 0 Å². The summed E-state index contributed by atoms with van der Waals surface area (Å²) in [7, 11) is 0. The van der Waals surface area contributed by atoms with Crippen molar-refractivity contribution in [3.05, 3.63) is 51.5 Å². The molecular formula is C17H17N3O4S. The van der Waals surface area contributed by atoms with Crippen LogP contribution in [0.5, 0.6) is 0 Å². The number of pyridine rings is 1. The van der Waals surface area contributed by atoms with Crippen molar-refractivity contribution in [3.63, 3.8) is 0 Å². The number of thiophene rings is 1. The van der Waals surface area contributed by atoms with Gasteiger partial charge in [0, 0.05) is 42.8 Å². The lowest BCUT2D eigenvalue weighted by molar-refractivity contribution is 0.0537. The molecule has 3 rings (SSSR count). The minimum absolute atomic E-state index is 0.0118. The fraction of sp³-hybridized carbons (Fsp3) is 0.294. The van der Waals surface area contributed by atoms with Crippen LogP contribution in [0.15, 0.2) is 30.5 Å². The Hall–Kier alpha value is -2.74. The Morgan fingerprint density at radius 3 is 2.24 bits per heavy atom. The van der Waals surface area contributed by atoms with Crippen molar-refractivity contribution in [2.24, 2.45) is 0 Å². The Kier molecular flexibility index (Phi) is 4.80. The minimum Gasteiger partial charge on any atom is -0.477 e. The minimum atomic E-state index is -1.17. The van der Waals surface area contributed by atoms with Gasteiger partial charge in [0.05, 0.1) is 4.88 Å². The molecule has 2 aromatic heterocycles. The largest absolute Gasteiger partial charge is 0.477 e. The first-order valence-electron chi connectivity index (χ1n) is 7.80. The highest BCUT2D eigenvalue weighted by molar-refractivity contribution is 7.13. The summed E-state index contributed by atoms with van der Waals surface area (Å²) in [6, 6.07) is 6.52. The van der Waals surface area contributed by atoms with E-state index in [0.717, 1.165) is 4.88 Å². The maximum Gasteiger partial charge on any atom is 0.354 e. The van der Waals surface area contributed by atoms with Crippen LogP contribution in [0.2, 0.25) is 0 Å². The molecule has 2 amide bonds. The number of aryl methyl sites for hydroxylation is 1. The average molecular weight is 359 g/mol. The molecule has 0 aromatic carbocycles. The molecule has 0 radical (unpaired) electrons. The number of aromatic nitrogens is 1. The summed E-state index contributed by atoms with van der Waals surface area (Å²) in [6.45, 7) is 3.70. The zero-order valence-electron chi connectivity index (χ0n) is 13.6. The maximum absolute atomic E-state index is 12.5. The number of carboxylic acid groups (broad SMARTS) is 1. The first-order valence-corrected chi connectivity index (χ1v) is 8.61. The van der Waals surface area contributed by atoms with Gasteiger partial charge in [-0.25, -0.2) is 9.78 Å². The molecule has 0 atom stereocenters. The average Bonchev–Trinajstić information content (AvgIpc) is 3.07.